The maximum atomic E-state index is 14.1. The van der Waals surface area contributed by atoms with E-state index in [1.807, 2.05) is 50.2 Å². The predicted molar refractivity (Wildman–Crippen MR) is 164 cm³/mol. The van der Waals surface area contributed by atoms with Gasteiger partial charge in [-0.15, -0.1) is 0 Å². The van der Waals surface area contributed by atoms with E-state index in [0.29, 0.717) is 29.6 Å². The topological polar surface area (TPSA) is 96.0 Å². The van der Waals surface area contributed by atoms with Crippen LogP contribution in [0.3, 0.4) is 0 Å². The molecule has 220 valence electrons. The number of hydrogen-bond donors (Lipinski definition) is 1. The molecule has 0 saturated heterocycles. The molecule has 41 heavy (non-hydrogen) atoms. The molecule has 0 radical (unpaired) electrons. The maximum Gasteiger partial charge on any atom is 0.244 e. The Morgan fingerprint density at radius 2 is 1.63 bits per heavy atom. The summed E-state index contributed by atoms with van der Waals surface area (Å²) in [6.07, 6.45) is 3.01. The van der Waals surface area contributed by atoms with Crippen LogP contribution in [0.25, 0.3) is 0 Å². The summed E-state index contributed by atoms with van der Waals surface area (Å²) in [4.78, 5) is 29.1. The molecule has 2 amide bonds. The summed E-state index contributed by atoms with van der Waals surface area (Å²) < 4.78 is 32.3. The SMILES string of the molecule is CCCCNC(=O)C(Cc1ccccc1)N(Cc1cccc(Cl)c1)C(=O)CN(c1ccc(OCC)cc1)S(C)(=O)=O. The van der Waals surface area contributed by atoms with E-state index in [9.17, 15) is 18.0 Å². The van der Waals surface area contributed by atoms with E-state index < -0.39 is 28.5 Å². The molecular weight excluding hydrogens is 562 g/mol. The monoisotopic (exact) mass is 599 g/mol. The van der Waals surface area contributed by atoms with Gasteiger partial charge in [-0.05, 0) is 60.9 Å². The fourth-order valence-corrected chi connectivity index (χ4v) is 5.44. The van der Waals surface area contributed by atoms with Crippen molar-refractivity contribution >= 4 is 39.1 Å². The van der Waals surface area contributed by atoms with Crippen molar-refractivity contribution in [3.8, 4) is 5.75 Å². The highest BCUT2D eigenvalue weighted by atomic mass is 35.5. The van der Waals surface area contributed by atoms with Gasteiger partial charge in [0.25, 0.3) is 0 Å². The Bertz CT molecular complexity index is 1380. The van der Waals surface area contributed by atoms with Crippen LogP contribution in [0.5, 0.6) is 5.75 Å². The van der Waals surface area contributed by atoms with Gasteiger partial charge in [0.15, 0.2) is 0 Å². The number of amides is 2. The van der Waals surface area contributed by atoms with Gasteiger partial charge in [-0.1, -0.05) is 67.4 Å². The number of rotatable bonds is 15. The number of carbonyl (C=O) groups excluding carboxylic acids is 2. The second-order valence-electron chi connectivity index (χ2n) is 9.70. The lowest BCUT2D eigenvalue weighted by Crippen LogP contribution is -2.53. The summed E-state index contributed by atoms with van der Waals surface area (Å²) >= 11 is 6.24. The van der Waals surface area contributed by atoms with Crippen LogP contribution < -0.4 is 14.4 Å². The lowest BCUT2D eigenvalue weighted by Gasteiger charge is -2.33. The normalized spacial score (nSPS) is 11.9. The summed E-state index contributed by atoms with van der Waals surface area (Å²) in [7, 11) is -3.85. The van der Waals surface area contributed by atoms with Gasteiger partial charge in [-0.25, -0.2) is 8.42 Å². The zero-order chi connectivity index (χ0) is 29.8. The number of ether oxygens (including phenoxy) is 1. The van der Waals surface area contributed by atoms with E-state index in [1.165, 1.54) is 4.90 Å². The number of nitrogens with zero attached hydrogens (tertiary/aromatic N) is 2. The van der Waals surface area contributed by atoms with Crippen molar-refractivity contribution in [3.05, 3.63) is 95.0 Å². The van der Waals surface area contributed by atoms with Gasteiger partial charge in [-0.3, -0.25) is 13.9 Å². The first kappa shape index (κ1) is 32.0. The molecule has 1 unspecified atom stereocenters. The van der Waals surface area contributed by atoms with Crippen molar-refractivity contribution in [2.45, 2.75) is 45.7 Å². The third-order valence-corrected chi connectivity index (χ3v) is 7.83. The molecule has 0 saturated carbocycles. The first-order chi connectivity index (χ1) is 19.6. The zero-order valence-electron chi connectivity index (χ0n) is 23.8. The van der Waals surface area contributed by atoms with Gasteiger partial charge in [-0.2, -0.15) is 0 Å². The molecule has 0 fully saturated rings. The molecule has 3 aromatic carbocycles. The number of nitrogens with one attached hydrogen (secondary N) is 1. The molecule has 0 spiro atoms. The van der Waals surface area contributed by atoms with Crippen molar-refractivity contribution in [1.29, 1.82) is 0 Å². The number of anilines is 1. The summed E-state index contributed by atoms with van der Waals surface area (Å²) in [6, 6.07) is 22.1. The molecule has 3 aromatic rings. The van der Waals surface area contributed by atoms with Crippen LogP contribution in [0.15, 0.2) is 78.9 Å². The first-order valence-corrected chi connectivity index (χ1v) is 15.9. The summed E-state index contributed by atoms with van der Waals surface area (Å²) in [5, 5.41) is 3.46. The van der Waals surface area contributed by atoms with Gasteiger partial charge in [0, 0.05) is 24.5 Å². The molecule has 0 aliphatic carbocycles. The van der Waals surface area contributed by atoms with Crippen LogP contribution in [0, 0.1) is 0 Å². The summed E-state index contributed by atoms with van der Waals surface area (Å²) in [5.74, 6) is -0.231. The molecule has 10 heteroatoms. The minimum Gasteiger partial charge on any atom is -0.494 e. The van der Waals surface area contributed by atoms with Gasteiger partial charge >= 0.3 is 0 Å². The Hall–Kier alpha value is -3.56. The molecular formula is C31H38ClN3O5S. The quantitative estimate of drug-likeness (QED) is 0.246. The molecule has 0 heterocycles. The molecule has 1 N–H and O–H groups in total. The Kier molecular flexibility index (Phi) is 12.0. The van der Waals surface area contributed by atoms with Crippen LogP contribution >= 0.6 is 11.6 Å². The van der Waals surface area contributed by atoms with Crippen molar-refractivity contribution in [1.82, 2.24) is 10.2 Å². The van der Waals surface area contributed by atoms with Crippen LogP contribution in [0.1, 0.15) is 37.8 Å². The second-order valence-corrected chi connectivity index (χ2v) is 12.0. The molecule has 3 rings (SSSR count). The van der Waals surface area contributed by atoms with Gasteiger partial charge in [0.1, 0.15) is 18.3 Å². The van der Waals surface area contributed by atoms with E-state index >= 15 is 0 Å². The lowest BCUT2D eigenvalue weighted by molar-refractivity contribution is -0.140. The number of carbonyl (C=O) groups is 2. The van der Waals surface area contributed by atoms with Crippen molar-refractivity contribution in [3.63, 3.8) is 0 Å². The molecule has 8 nitrogen and oxygen atoms in total. The molecule has 0 bridgehead atoms. The van der Waals surface area contributed by atoms with E-state index in [2.05, 4.69) is 5.32 Å². The van der Waals surface area contributed by atoms with Crippen molar-refractivity contribution in [2.24, 2.45) is 0 Å². The van der Waals surface area contributed by atoms with E-state index in [4.69, 9.17) is 16.3 Å². The Labute approximate surface area is 248 Å². The highest BCUT2D eigenvalue weighted by Gasteiger charge is 2.33. The minimum absolute atomic E-state index is 0.0684. The van der Waals surface area contributed by atoms with Crippen LogP contribution in [-0.4, -0.2) is 57.1 Å². The number of sulfonamides is 1. The van der Waals surface area contributed by atoms with Crippen LogP contribution in [-0.2, 0) is 32.6 Å². The van der Waals surface area contributed by atoms with Gasteiger partial charge in [0.2, 0.25) is 21.8 Å². The van der Waals surface area contributed by atoms with Crippen molar-refractivity contribution in [2.75, 3.05) is 30.3 Å². The number of unbranched alkanes of at least 4 members (excludes halogenated alkanes) is 1. The summed E-state index contributed by atoms with van der Waals surface area (Å²) in [5.41, 5.74) is 1.91. The third-order valence-electron chi connectivity index (χ3n) is 6.46. The average molecular weight is 600 g/mol. The average Bonchev–Trinajstić information content (AvgIpc) is 2.94. The van der Waals surface area contributed by atoms with Crippen LogP contribution in [0.4, 0.5) is 5.69 Å². The Morgan fingerprint density at radius 3 is 2.24 bits per heavy atom. The fourth-order valence-electron chi connectivity index (χ4n) is 4.38. The number of hydrogen-bond acceptors (Lipinski definition) is 5. The molecule has 0 aromatic heterocycles. The van der Waals surface area contributed by atoms with Gasteiger partial charge in [0.05, 0.1) is 18.6 Å². The predicted octanol–water partition coefficient (Wildman–Crippen LogP) is 5.06. The van der Waals surface area contributed by atoms with E-state index in [-0.39, 0.29) is 18.9 Å². The van der Waals surface area contributed by atoms with E-state index in [1.54, 1.807) is 42.5 Å². The Balaban J connectivity index is 2.01. The minimum atomic E-state index is -3.85. The first-order valence-electron chi connectivity index (χ1n) is 13.7. The number of benzene rings is 3. The second kappa shape index (κ2) is 15.4. The smallest absolute Gasteiger partial charge is 0.244 e. The lowest BCUT2D eigenvalue weighted by atomic mass is 10.0. The van der Waals surface area contributed by atoms with Crippen LogP contribution in [0.2, 0.25) is 5.02 Å². The number of halogens is 1. The summed E-state index contributed by atoms with van der Waals surface area (Å²) in [6.45, 7) is 4.41. The molecule has 0 aliphatic heterocycles. The zero-order valence-corrected chi connectivity index (χ0v) is 25.3. The highest BCUT2D eigenvalue weighted by Crippen LogP contribution is 2.23. The standard InChI is InChI=1S/C31H38ClN3O5S/c1-4-6-19-33-31(37)29(21-24-11-8-7-9-12-24)34(22-25-13-10-14-26(32)20-25)30(36)23-35(41(3,38)39)27-15-17-28(18-16-27)40-5-2/h7-18,20,29H,4-6,19,21-23H2,1-3H3,(H,33,37). The largest absolute Gasteiger partial charge is 0.494 e. The van der Waals surface area contributed by atoms with Gasteiger partial charge < -0.3 is 15.0 Å². The fraction of sp³-hybridized carbons (Fsp3) is 0.355. The highest BCUT2D eigenvalue weighted by molar-refractivity contribution is 7.92. The third kappa shape index (κ3) is 9.79. The Morgan fingerprint density at radius 1 is 0.951 bits per heavy atom. The van der Waals surface area contributed by atoms with E-state index in [0.717, 1.165) is 34.5 Å². The molecule has 1 atom stereocenters. The molecule has 0 aliphatic rings. The maximum absolute atomic E-state index is 14.1. The van der Waals surface area contributed by atoms with Crippen molar-refractivity contribution < 1.29 is 22.7 Å².